The summed E-state index contributed by atoms with van der Waals surface area (Å²) < 4.78 is 18.3. The van der Waals surface area contributed by atoms with Crippen LogP contribution in [0.4, 0.5) is 4.39 Å². The Labute approximate surface area is 115 Å². The highest BCUT2D eigenvalue weighted by molar-refractivity contribution is 6.07. The molecule has 0 aliphatic carbocycles. The van der Waals surface area contributed by atoms with Gasteiger partial charge in [-0.25, -0.2) is 9.98 Å². The van der Waals surface area contributed by atoms with E-state index >= 15 is 0 Å². The van der Waals surface area contributed by atoms with Gasteiger partial charge in [0.2, 0.25) is 17.6 Å². The zero-order valence-corrected chi connectivity index (χ0v) is 11.4. The van der Waals surface area contributed by atoms with Crippen molar-refractivity contribution in [3.05, 3.63) is 42.4 Å². The standard InChI is InChI=1S/C14H15FN4O/c1-4-12(16-5-2)17-8-9(3)13-18-10-6-7-11(15)19-14(10)20-13/h4,6-8,16H,3,5H2,1-2H3/b12-4+,17-8-. The Balaban J connectivity index is 2.21. The lowest BCUT2D eigenvalue weighted by Gasteiger charge is -2.01. The largest absolute Gasteiger partial charge is 0.418 e. The molecule has 0 aliphatic heterocycles. The number of aliphatic imine (C=N–C) groups is 1. The van der Waals surface area contributed by atoms with Crippen LogP contribution in [0.15, 0.2) is 40.0 Å². The normalized spacial score (nSPS) is 12.2. The van der Waals surface area contributed by atoms with Gasteiger partial charge in [-0.05, 0) is 32.1 Å². The minimum Gasteiger partial charge on any atom is -0.418 e. The number of aromatic nitrogens is 2. The number of nitrogens with one attached hydrogen (secondary N) is 1. The number of hydrogen-bond acceptors (Lipinski definition) is 5. The van der Waals surface area contributed by atoms with Crippen LogP contribution >= 0.6 is 0 Å². The lowest BCUT2D eigenvalue weighted by Crippen LogP contribution is -2.10. The minimum atomic E-state index is -0.608. The van der Waals surface area contributed by atoms with Gasteiger partial charge in [-0.3, -0.25) is 0 Å². The molecule has 0 spiro atoms. The molecule has 0 saturated heterocycles. The van der Waals surface area contributed by atoms with Crippen molar-refractivity contribution in [3.8, 4) is 0 Å². The zero-order valence-electron chi connectivity index (χ0n) is 11.4. The van der Waals surface area contributed by atoms with Crippen LogP contribution in [-0.2, 0) is 0 Å². The summed E-state index contributed by atoms with van der Waals surface area (Å²) in [5, 5.41) is 3.08. The predicted molar refractivity (Wildman–Crippen MR) is 76.7 cm³/mol. The molecule has 0 bridgehead atoms. The van der Waals surface area contributed by atoms with E-state index in [0.29, 0.717) is 11.1 Å². The lowest BCUT2D eigenvalue weighted by atomic mass is 10.3. The monoisotopic (exact) mass is 274 g/mol. The van der Waals surface area contributed by atoms with Crippen molar-refractivity contribution in [1.82, 2.24) is 15.3 Å². The van der Waals surface area contributed by atoms with Gasteiger partial charge in [0.15, 0.2) is 0 Å². The second-order valence-electron chi connectivity index (χ2n) is 3.96. The highest BCUT2D eigenvalue weighted by Crippen LogP contribution is 2.17. The molecule has 0 saturated carbocycles. The first-order valence-corrected chi connectivity index (χ1v) is 6.20. The van der Waals surface area contributed by atoms with Gasteiger partial charge in [-0.2, -0.15) is 9.37 Å². The Kier molecular flexibility index (Phi) is 4.24. The van der Waals surface area contributed by atoms with Gasteiger partial charge in [0, 0.05) is 18.3 Å². The summed E-state index contributed by atoms with van der Waals surface area (Å²) >= 11 is 0. The second kappa shape index (κ2) is 6.10. The molecule has 20 heavy (non-hydrogen) atoms. The molecule has 0 amide bonds. The summed E-state index contributed by atoms with van der Waals surface area (Å²) in [4.78, 5) is 12.0. The summed E-state index contributed by atoms with van der Waals surface area (Å²) in [6, 6.07) is 2.74. The van der Waals surface area contributed by atoms with Crippen molar-refractivity contribution >= 4 is 23.0 Å². The number of fused-ring (bicyclic) bond motifs is 1. The first-order chi connectivity index (χ1) is 9.63. The highest BCUT2D eigenvalue weighted by Gasteiger charge is 2.09. The smallest absolute Gasteiger partial charge is 0.250 e. The number of halogens is 1. The van der Waals surface area contributed by atoms with Crippen molar-refractivity contribution in [2.75, 3.05) is 6.54 Å². The molecule has 0 atom stereocenters. The van der Waals surface area contributed by atoms with Crippen LogP contribution in [0.2, 0.25) is 0 Å². The first-order valence-electron chi connectivity index (χ1n) is 6.20. The molecular formula is C14H15FN4O. The number of allylic oxidation sites excluding steroid dienone is 2. The quantitative estimate of drug-likeness (QED) is 0.672. The Morgan fingerprint density at radius 3 is 3.00 bits per heavy atom. The second-order valence-corrected chi connectivity index (χ2v) is 3.96. The van der Waals surface area contributed by atoms with Gasteiger partial charge in [0.25, 0.3) is 0 Å². The minimum absolute atomic E-state index is 0.146. The molecule has 104 valence electrons. The summed E-state index contributed by atoms with van der Waals surface area (Å²) in [6.07, 6.45) is 3.38. The van der Waals surface area contributed by atoms with Gasteiger partial charge in [-0.1, -0.05) is 6.58 Å². The van der Waals surface area contributed by atoms with E-state index in [9.17, 15) is 4.39 Å². The molecule has 0 aliphatic rings. The Hall–Kier alpha value is -2.50. The fourth-order valence-corrected chi connectivity index (χ4v) is 1.54. The average Bonchev–Trinajstić information content (AvgIpc) is 2.86. The fraction of sp³-hybridized carbons (Fsp3) is 0.214. The highest BCUT2D eigenvalue weighted by atomic mass is 19.1. The van der Waals surface area contributed by atoms with E-state index in [2.05, 4.69) is 26.9 Å². The van der Waals surface area contributed by atoms with Crippen molar-refractivity contribution in [2.45, 2.75) is 13.8 Å². The van der Waals surface area contributed by atoms with Crippen molar-refractivity contribution in [3.63, 3.8) is 0 Å². The van der Waals surface area contributed by atoms with Gasteiger partial charge in [0.1, 0.15) is 11.3 Å². The fourth-order valence-electron chi connectivity index (χ4n) is 1.54. The lowest BCUT2D eigenvalue weighted by molar-refractivity contribution is 0.545. The molecule has 5 nitrogen and oxygen atoms in total. The maximum absolute atomic E-state index is 13.0. The molecule has 2 heterocycles. The van der Waals surface area contributed by atoms with Crippen LogP contribution in [0.25, 0.3) is 16.8 Å². The third-order valence-corrected chi connectivity index (χ3v) is 2.49. The molecule has 0 unspecified atom stereocenters. The Morgan fingerprint density at radius 1 is 1.50 bits per heavy atom. The number of pyridine rings is 1. The predicted octanol–water partition coefficient (Wildman–Crippen LogP) is 2.92. The molecule has 0 aromatic carbocycles. The number of nitrogens with zero attached hydrogens (tertiary/aromatic N) is 3. The third-order valence-electron chi connectivity index (χ3n) is 2.49. The topological polar surface area (TPSA) is 63.3 Å². The maximum Gasteiger partial charge on any atom is 0.250 e. The van der Waals surface area contributed by atoms with Crippen LogP contribution in [0.5, 0.6) is 0 Å². The summed E-state index contributed by atoms with van der Waals surface area (Å²) in [5.74, 6) is 0.394. The van der Waals surface area contributed by atoms with Crippen LogP contribution in [0.1, 0.15) is 19.7 Å². The summed E-state index contributed by atoms with van der Waals surface area (Å²) in [5.41, 5.74) is 1.11. The van der Waals surface area contributed by atoms with E-state index in [-0.39, 0.29) is 11.6 Å². The SMILES string of the molecule is C=C(/C=N\C(=C\C)NCC)c1nc2ccc(F)nc2o1. The Morgan fingerprint density at radius 2 is 2.30 bits per heavy atom. The van der Waals surface area contributed by atoms with E-state index in [1.165, 1.54) is 12.1 Å². The molecule has 2 aromatic heterocycles. The first kappa shape index (κ1) is 13.9. The third kappa shape index (κ3) is 3.09. The van der Waals surface area contributed by atoms with Gasteiger partial charge >= 0.3 is 0 Å². The molecule has 0 fully saturated rings. The zero-order chi connectivity index (χ0) is 14.5. The molecule has 6 heteroatoms. The van der Waals surface area contributed by atoms with E-state index in [4.69, 9.17) is 4.42 Å². The van der Waals surface area contributed by atoms with Gasteiger partial charge in [-0.15, -0.1) is 0 Å². The van der Waals surface area contributed by atoms with Crippen LogP contribution in [-0.4, -0.2) is 22.7 Å². The van der Waals surface area contributed by atoms with Crippen LogP contribution in [0.3, 0.4) is 0 Å². The number of hydrogen-bond donors (Lipinski definition) is 1. The van der Waals surface area contributed by atoms with E-state index in [0.717, 1.165) is 12.4 Å². The Bertz CT molecular complexity index is 688. The van der Waals surface area contributed by atoms with E-state index < -0.39 is 5.95 Å². The van der Waals surface area contributed by atoms with Crippen molar-refractivity contribution < 1.29 is 8.81 Å². The van der Waals surface area contributed by atoms with Crippen LogP contribution < -0.4 is 5.32 Å². The van der Waals surface area contributed by atoms with Gasteiger partial charge in [0.05, 0.1) is 0 Å². The van der Waals surface area contributed by atoms with Gasteiger partial charge < -0.3 is 9.73 Å². The molecule has 2 aromatic rings. The summed E-state index contributed by atoms with van der Waals surface area (Å²) in [7, 11) is 0. The number of oxazole rings is 1. The van der Waals surface area contributed by atoms with E-state index in [1.807, 2.05) is 19.9 Å². The molecule has 1 N–H and O–H groups in total. The average molecular weight is 274 g/mol. The summed E-state index contributed by atoms with van der Waals surface area (Å²) in [6.45, 7) is 8.46. The van der Waals surface area contributed by atoms with Crippen molar-refractivity contribution in [1.29, 1.82) is 0 Å². The molecular weight excluding hydrogens is 259 g/mol. The van der Waals surface area contributed by atoms with Crippen molar-refractivity contribution in [2.24, 2.45) is 4.99 Å². The maximum atomic E-state index is 13.0. The van der Waals surface area contributed by atoms with E-state index in [1.54, 1.807) is 6.21 Å². The molecule has 0 radical (unpaired) electrons. The number of rotatable bonds is 5. The van der Waals surface area contributed by atoms with Crippen LogP contribution in [0, 0.1) is 5.95 Å². The molecule has 2 rings (SSSR count).